The Bertz CT molecular complexity index is 551. The Morgan fingerprint density at radius 1 is 1.29 bits per heavy atom. The molecule has 0 saturated carbocycles. The molecule has 0 aliphatic rings. The SMILES string of the molecule is Cc1cccc(CC(=O)c2ccnc(Br)c2)c1. The van der Waals surface area contributed by atoms with Crippen LogP contribution in [0.25, 0.3) is 0 Å². The molecule has 0 spiro atoms. The molecule has 2 nitrogen and oxygen atoms in total. The van der Waals surface area contributed by atoms with Gasteiger partial charge in [-0.3, -0.25) is 4.79 Å². The zero-order valence-corrected chi connectivity index (χ0v) is 11.1. The van der Waals surface area contributed by atoms with Gasteiger partial charge in [0.25, 0.3) is 0 Å². The molecule has 0 atom stereocenters. The number of hydrogen-bond donors (Lipinski definition) is 0. The summed E-state index contributed by atoms with van der Waals surface area (Å²) in [6, 6.07) is 11.5. The molecular formula is C14H12BrNO. The fourth-order valence-corrected chi connectivity index (χ4v) is 2.05. The zero-order chi connectivity index (χ0) is 12.3. The van der Waals surface area contributed by atoms with Crippen LogP contribution in [0.4, 0.5) is 0 Å². The maximum Gasteiger partial charge on any atom is 0.167 e. The maximum atomic E-state index is 12.0. The molecule has 1 heterocycles. The van der Waals surface area contributed by atoms with E-state index in [9.17, 15) is 4.79 Å². The molecular weight excluding hydrogens is 278 g/mol. The second-order valence-corrected chi connectivity index (χ2v) is 4.77. The van der Waals surface area contributed by atoms with Crippen LogP contribution in [0.3, 0.4) is 0 Å². The molecule has 0 radical (unpaired) electrons. The van der Waals surface area contributed by atoms with E-state index in [0.717, 1.165) is 5.56 Å². The molecule has 2 rings (SSSR count). The first kappa shape index (κ1) is 12.0. The molecule has 86 valence electrons. The molecule has 0 unspecified atom stereocenters. The van der Waals surface area contributed by atoms with E-state index in [-0.39, 0.29) is 5.78 Å². The van der Waals surface area contributed by atoms with Crippen LogP contribution < -0.4 is 0 Å². The normalized spacial score (nSPS) is 10.2. The van der Waals surface area contributed by atoms with Crippen molar-refractivity contribution >= 4 is 21.7 Å². The van der Waals surface area contributed by atoms with Crippen LogP contribution in [-0.2, 0) is 6.42 Å². The van der Waals surface area contributed by atoms with Gasteiger partial charge < -0.3 is 0 Å². The van der Waals surface area contributed by atoms with E-state index in [2.05, 4.69) is 20.9 Å². The highest BCUT2D eigenvalue weighted by Gasteiger charge is 2.07. The van der Waals surface area contributed by atoms with Crippen LogP contribution in [-0.4, -0.2) is 10.8 Å². The molecule has 0 bridgehead atoms. The molecule has 1 aromatic heterocycles. The number of nitrogens with zero attached hydrogens (tertiary/aromatic N) is 1. The topological polar surface area (TPSA) is 30.0 Å². The van der Waals surface area contributed by atoms with Crippen LogP contribution in [0.5, 0.6) is 0 Å². The molecule has 17 heavy (non-hydrogen) atoms. The Morgan fingerprint density at radius 2 is 2.12 bits per heavy atom. The molecule has 0 aliphatic carbocycles. The first-order valence-electron chi connectivity index (χ1n) is 5.35. The highest BCUT2D eigenvalue weighted by atomic mass is 79.9. The monoisotopic (exact) mass is 289 g/mol. The van der Waals surface area contributed by atoms with Gasteiger partial charge >= 0.3 is 0 Å². The van der Waals surface area contributed by atoms with Gasteiger partial charge in [0.1, 0.15) is 4.60 Å². The minimum absolute atomic E-state index is 0.110. The molecule has 2 aromatic rings. The second-order valence-electron chi connectivity index (χ2n) is 3.96. The van der Waals surface area contributed by atoms with E-state index in [0.29, 0.717) is 16.6 Å². The van der Waals surface area contributed by atoms with Gasteiger partial charge in [0.2, 0.25) is 0 Å². The van der Waals surface area contributed by atoms with Crippen molar-refractivity contribution in [2.45, 2.75) is 13.3 Å². The van der Waals surface area contributed by atoms with Crippen LogP contribution >= 0.6 is 15.9 Å². The highest BCUT2D eigenvalue weighted by molar-refractivity contribution is 9.10. The number of pyridine rings is 1. The molecule has 0 N–H and O–H groups in total. The summed E-state index contributed by atoms with van der Waals surface area (Å²) in [4.78, 5) is 16.0. The third-order valence-corrected chi connectivity index (χ3v) is 2.93. The number of benzene rings is 1. The largest absolute Gasteiger partial charge is 0.294 e. The number of halogens is 1. The maximum absolute atomic E-state index is 12.0. The molecule has 3 heteroatoms. The van der Waals surface area contributed by atoms with Crippen molar-refractivity contribution in [3.05, 3.63) is 63.9 Å². The van der Waals surface area contributed by atoms with E-state index in [1.54, 1.807) is 18.3 Å². The van der Waals surface area contributed by atoms with Gasteiger partial charge in [-0.25, -0.2) is 4.98 Å². The summed E-state index contributed by atoms with van der Waals surface area (Å²) in [6.45, 7) is 2.02. The van der Waals surface area contributed by atoms with Gasteiger partial charge in [0.05, 0.1) is 0 Å². The fraction of sp³-hybridized carbons (Fsp3) is 0.143. The van der Waals surface area contributed by atoms with Gasteiger partial charge in [0, 0.05) is 18.2 Å². The Balaban J connectivity index is 2.17. The number of rotatable bonds is 3. The van der Waals surface area contributed by atoms with E-state index in [4.69, 9.17) is 0 Å². The standard InChI is InChI=1S/C14H12BrNO/c1-10-3-2-4-11(7-10)8-13(17)12-5-6-16-14(15)9-12/h2-7,9H,8H2,1H3. The minimum Gasteiger partial charge on any atom is -0.294 e. The Kier molecular flexibility index (Phi) is 3.69. The van der Waals surface area contributed by atoms with Crippen LogP contribution in [0.15, 0.2) is 47.2 Å². The lowest BCUT2D eigenvalue weighted by molar-refractivity contribution is 0.0993. The quantitative estimate of drug-likeness (QED) is 0.639. The Hall–Kier alpha value is -1.48. The first-order valence-corrected chi connectivity index (χ1v) is 6.15. The lowest BCUT2D eigenvalue weighted by atomic mass is 10.0. The van der Waals surface area contributed by atoms with Crippen molar-refractivity contribution < 1.29 is 4.79 Å². The number of Topliss-reactive ketones (excluding diaryl/α,β-unsaturated/α-hetero) is 1. The summed E-state index contributed by atoms with van der Waals surface area (Å²) in [6.07, 6.45) is 2.06. The van der Waals surface area contributed by atoms with Crippen molar-refractivity contribution in [3.8, 4) is 0 Å². The minimum atomic E-state index is 0.110. The molecule has 1 aromatic carbocycles. The van der Waals surface area contributed by atoms with Crippen molar-refractivity contribution in [3.63, 3.8) is 0 Å². The Labute approximate surface area is 109 Å². The van der Waals surface area contributed by atoms with Crippen molar-refractivity contribution in [2.24, 2.45) is 0 Å². The number of hydrogen-bond acceptors (Lipinski definition) is 2. The average molecular weight is 290 g/mol. The van der Waals surface area contributed by atoms with Gasteiger partial charge in [-0.05, 0) is 40.5 Å². The summed E-state index contributed by atoms with van der Waals surface area (Å²) < 4.78 is 0.688. The predicted molar refractivity (Wildman–Crippen MR) is 71.2 cm³/mol. The second kappa shape index (κ2) is 5.23. The molecule has 0 amide bonds. The van der Waals surface area contributed by atoms with Gasteiger partial charge in [-0.1, -0.05) is 29.8 Å². The highest BCUT2D eigenvalue weighted by Crippen LogP contribution is 2.12. The lowest BCUT2D eigenvalue weighted by Gasteiger charge is -2.03. The van der Waals surface area contributed by atoms with Gasteiger partial charge in [0.15, 0.2) is 5.78 Å². The van der Waals surface area contributed by atoms with E-state index < -0.39 is 0 Å². The molecule has 0 aliphatic heterocycles. The van der Waals surface area contributed by atoms with Crippen molar-refractivity contribution in [2.75, 3.05) is 0 Å². The molecule has 0 saturated heterocycles. The Morgan fingerprint density at radius 3 is 2.82 bits per heavy atom. The number of aromatic nitrogens is 1. The van der Waals surface area contributed by atoms with Gasteiger partial charge in [-0.2, -0.15) is 0 Å². The summed E-state index contributed by atoms with van der Waals surface area (Å²) in [5.74, 6) is 0.110. The third-order valence-electron chi connectivity index (χ3n) is 2.50. The summed E-state index contributed by atoms with van der Waals surface area (Å²) in [5, 5.41) is 0. The van der Waals surface area contributed by atoms with Crippen molar-refractivity contribution in [1.82, 2.24) is 4.98 Å². The molecule has 0 fully saturated rings. The summed E-state index contributed by atoms with van der Waals surface area (Å²) >= 11 is 3.26. The summed E-state index contributed by atoms with van der Waals surface area (Å²) in [7, 11) is 0. The number of carbonyl (C=O) groups is 1. The fourth-order valence-electron chi connectivity index (χ4n) is 1.69. The third kappa shape index (κ3) is 3.24. The smallest absolute Gasteiger partial charge is 0.167 e. The summed E-state index contributed by atoms with van der Waals surface area (Å²) in [5.41, 5.74) is 2.91. The average Bonchev–Trinajstić information content (AvgIpc) is 2.29. The van der Waals surface area contributed by atoms with E-state index >= 15 is 0 Å². The number of ketones is 1. The van der Waals surface area contributed by atoms with Gasteiger partial charge in [-0.15, -0.1) is 0 Å². The zero-order valence-electron chi connectivity index (χ0n) is 9.48. The van der Waals surface area contributed by atoms with Crippen LogP contribution in [0, 0.1) is 6.92 Å². The first-order chi connectivity index (χ1) is 8.15. The number of aryl methyl sites for hydroxylation is 1. The van der Waals surface area contributed by atoms with Crippen molar-refractivity contribution in [1.29, 1.82) is 0 Å². The lowest BCUT2D eigenvalue weighted by Crippen LogP contribution is -2.03. The van der Waals surface area contributed by atoms with E-state index in [1.165, 1.54) is 5.56 Å². The number of carbonyl (C=O) groups excluding carboxylic acids is 1. The van der Waals surface area contributed by atoms with Crippen LogP contribution in [0.2, 0.25) is 0 Å². The van der Waals surface area contributed by atoms with E-state index in [1.807, 2.05) is 31.2 Å². The predicted octanol–water partition coefficient (Wildman–Crippen LogP) is 3.58. The van der Waals surface area contributed by atoms with Crippen LogP contribution in [0.1, 0.15) is 21.5 Å².